The number of methoxy groups -OCH3 is 2. The minimum absolute atomic E-state index is 0.0774. The molecule has 2 unspecified atom stereocenters. The molecule has 0 bridgehead atoms. The third-order valence-electron chi connectivity index (χ3n) is 4.55. The standard InChI is InChI=1S/C18H27BrN2O3/c1-13-11-20(12-14(2)21(13)8-5-9-23-3)18(22)15-6-7-17(24-4)16(19)10-15/h6-7,10,13-14H,5,8-9,11-12H2,1-4H3. The molecule has 1 saturated heterocycles. The van der Waals surface area contributed by atoms with E-state index in [0.717, 1.165) is 42.9 Å². The van der Waals surface area contributed by atoms with E-state index >= 15 is 0 Å². The molecule has 0 radical (unpaired) electrons. The summed E-state index contributed by atoms with van der Waals surface area (Å²) in [6.45, 7) is 7.66. The van der Waals surface area contributed by atoms with Gasteiger partial charge in [0.05, 0.1) is 11.6 Å². The maximum absolute atomic E-state index is 12.8. The second-order valence-electron chi connectivity index (χ2n) is 6.34. The molecule has 5 nitrogen and oxygen atoms in total. The smallest absolute Gasteiger partial charge is 0.254 e. The molecule has 24 heavy (non-hydrogen) atoms. The SMILES string of the molecule is COCCCN1C(C)CN(C(=O)c2ccc(OC)c(Br)c2)CC1C. The van der Waals surface area contributed by atoms with Crippen molar-refractivity contribution in [2.45, 2.75) is 32.4 Å². The number of rotatable bonds is 6. The van der Waals surface area contributed by atoms with Gasteiger partial charge in [-0.15, -0.1) is 0 Å². The number of ether oxygens (including phenoxy) is 2. The molecule has 0 saturated carbocycles. The van der Waals surface area contributed by atoms with Gasteiger partial charge in [0.2, 0.25) is 0 Å². The molecule has 1 heterocycles. The second kappa shape index (κ2) is 8.83. The van der Waals surface area contributed by atoms with Crippen molar-refractivity contribution in [3.8, 4) is 5.75 Å². The van der Waals surface area contributed by atoms with Crippen LogP contribution in [0.5, 0.6) is 5.75 Å². The number of carbonyl (C=O) groups is 1. The van der Waals surface area contributed by atoms with E-state index in [9.17, 15) is 4.79 Å². The summed E-state index contributed by atoms with van der Waals surface area (Å²) in [5, 5.41) is 0. The summed E-state index contributed by atoms with van der Waals surface area (Å²) in [4.78, 5) is 17.3. The molecule has 0 aromatic heterocycles. The number of benzene rings is 1. The van der Waals surface area contributed by atoms with Crippen molar-refractivity contribution in [2.24, 2.45) is 0 Å². The Balaban J connectivity index is 2.03. The van der Waals surface area contributed by atoms with Gasteiger partial charge in [-0.3, -0.25) is 9.69 Å². The van der Waals surface area contributed by atoms with Crippen LogP contribution < -0.4 is 4.74 Å². The highest BCUT2D eigenvalue weighted by molar-refractivity contribution is 9.10. The lowest BCUT2D eigenvalue weighted by molar-refractivity contribution is 0.0270. The van der Waals surface area contributed by atoms with Gasteiger partial charge in [0.1, 0.15) is 5.75 Å². The highest BCUT2D eigenvalue weighted by atomic mass is 79.9. The van der Waals surface area contributed by atoms with Gasteiger partial charge in [-0.2, -0.15) is 0 Å². The number of piperazine rings is 1. The number of halogens is 1. The molecule has 1 aliphatic rings. The summed E-state index contributed by atoms with van der Waals surface area (Å²) < 4.78 is 11.2. The Hall–Kier alpha value is -1.11. The van der Waals surface area contributed by atoms with Gasteiger partial charge in [-0.05, 0) is 54.4 Å². The molecule has 0 aliphatic carbocycles. The van der Waals surface area contributed by atoms with Crippen molar-refractivity contribution < 1.29 is 14.3 Å². The average Bonchev–Trinajstić information content (AvgIpc) is 2.56. The lowest BCUT2D eigenvalue weighted by atomic mass is 10.1. The van der Waals surface area contributed by atoms with Crippen LogP contribution in [0.3, 0.4) is 0 Å². The third kappa shape index (κ3) is 4.49. The second-order valence-corrected chi connectivity index (χ2v) is 7.20. The first-order valence-electron chi connectivity index (χ1n) is 8.35. The van der Waals surface area contributed by atoms with Crippen molar-refractivity contribution in [3.63, 3.8) is 0 Å². The predicted octanol–water partition coefficient (Wildman–Crippen LogP) is 3.03. The first-order chi connectivity index (χ1) is 11.5. The molecular formula is C18H27BrN2O3. The molecule has 1 aromatic carbocycles. The van der Waals surface area contributed by atoms with Gasteiger partial charge < -0.3 is 14.4 Å². The van der Waals surface area contributed by atoms with Crippen LogP contribution in [0.25, 0.3) is 0 Å². The van der Waals surface area contributed by atoms with E-state index in [1.165, 1.54) is 0 Å². The normalized spacial score (nSPS) is 21.8. The number of amides is 1. The van der Waals surface area contributed by atoms with Crippen molar-refractivity contribution in [1.29, 1.82) is 0 Å². The monoisotopic (exact) mass is 398 g/mol. The summed E-state index contributed by atoms with van der Waals surface area (Å²) in [6, 6.07) is 6.17. The predicted molar refractivity (Wildman–Crippen MR) is 98.7 cm³/mol. The fourth-order valence-corrected chi connectivity index (χ4v) is 3.88. The van der Waals surface area contributed by atoms with Gasteiger partial charge in [-0.25, -0.2) is 0 Å². The molecule has 0 spiro atoms. The molecule has 1 aliphatic heterocycles. The highest BCUT2D eigenvalue weighted by Gasteiger charge is 2.31. The van der Waals surface area contributed by atoms with Crippen molar-refractivity contribution in [2.75, 3.05) is 40.5 Å². The van der Waals surface area contributed by atoms with E-state index in [4.69, 9.17) is 9.47 Å². The van der Waals surface area contributed by atoms with E-state index in [1.54, 1.807) is 14.2 Å². The molecule has 2 rings (SSSR count). The van der Waals surface area contributed by atoms with Crippen LogP contribution in [0, 0.1) is 0 Å². The quantitative estimate of drug-likeness (QED) is 0.690. The summed E-state index contributed by atoms with van der Waals surface area (Å²) in [5.74, 6) is 0.810. The lowest BCUT2D eigenvalue weighted by Gasteiger charge is -2.44. The summed E-state index contributed by atoms with van der Waals surface area (Å²) in [7, 11) is 3.35. The Morgan fingerprint density at radius 1 is 1.25 bits per heavy atom. The highest BCUT2D eigenvalue weighted by Crippen LogP contribution is 2.27. The van der Waals surface area contributed by atoms with Crippen LogP contribution in [-0.4, -0.2) is 68.3 Å². The summed E-state index contributed by atoms with van der Waals surface area (Å²) in [5.41, 5.74) is 0.690. The van der Waals surface area contributed by atoms with Crippen LogP contribution in [-0.2, 0) is 4.74 Å². The van der Waals surface area contributed by atoms with Gasteiger partial charge in [0.15, 0.2) is 0 Å². The maximum atomic E-state index is 12.8. The minimum Gasteiger partial charge on any atom is -0.496 e. The Bertz CT molecular complexity index is 555. The molecule has 2 atom stereocenters. The van der Waals surface area contributed by atoms with Crippen LogP contribution in [0.15, 0.2) is 22.7 Å². The Kier molecular flexibility index (Phi) is 7.07. The summed E-state index contributed by atoms with van der Waals surface area (Å²) in [6.07, 6.45) is 1.02. The Morgan fingerprint density at radius 3 is 2.46 bits per heavy atom. The zero-order valence-electron chi connectivity index (χ0n) is 14.9. The summed E-state index contributed by atoms with van der Waals surface area (Å²) >= 11 is 3.45. The fraction of sp³-hybridized carbons (Fsp3) is 0.611. The lowest BCUT2D eigenvalue weighted by Crippen LogP contribution is -2.58. The van der Waals surface area contributed by atoms with Crippen LogP contribution >= 0.6 is 15.9 Å². The van der Waals surface area contributed by atoms with Crippen LogP contribution in [0.2, 0.25) is 0 Å². The van der Waals surface area contributed by atoms with E-state index in [-0.39, 0.29) is 5.91 Å². The van der Waals surface area contributed by atoms with E-state index in [1.807, 2.05) is 23.1 Å². The van der Waals surface area contributed by atoms with Gasteiger partial charge >= 0.3 is 0 Å². The number of carbonyl (C=O) groups excluding carboxylic acids is 1. The van der Waals surface area contributed by atoms with Gasteiger partial charge in [0.25, 0.3) is 5.91 Å². The largest absolute Gasteiger partial charge is 0.496 e. The number of hydrogen-bond acceptors (Lipinski definition) is 4. The molecular weight excluding hydrogens is 372 g/mol. The number of hydrogen-bond donors (Lipinski definition) is 0. The Labute approximate surface area is 153 Å². The van der Waals surface area contributed by atoms with Gasteiger partial charge in [-0.1, -0.05) is 0 Å². The molecule has 134 valence electrons. The first-order valence-corrected chi connectivity index (χ1v) is 9.14. The number of nitrogens with zero attached hydrogens (tertiary/aromatic N) is 2. The van der Waals surface area contributed by atoms with Crippen molar-refractivity contribution in [3.05, 3.63) is 28.2 Å². The molecule has 6 heteroatoms. The first kappa shape index (κ1) is 19.2. The van der Waals surface area contributed by atoms with E-state index in [2.05, 4.69) is 34.7 Å². The van der Waals surface area contributed by atoms with Crippen molar-refractivity contribution >= 4 is 21.8 Å². The Morgan fingerprint density at radius 2 is 1.92 bits per heavy atom. The molecule has 1 amide bonds. The minimum atomic E-state index is 0.0774. The average molecular weight is 399 g/mol. The fourth-order valence-electron chi connectivity index (χ4n) is 3.34. The zero-order valence-corrected chi connectivity index (χ0v) is 16.5. The van der Waals surface area contributed by atoms with E-state index in [0.29, 0.717) is 17.6 Å². The topological polar surface area (TPSA) is 42.0 Å². The van der Waals surface area contributed by atoms with Gasteiger partial charge in [0, 0.05) is 51.0 Å². The maximum Gasteiger partial charge on any atom is 0.254 e. The van der Waals surface area contributed by atoms with Crippen molar-refractivity contribution in [1.82, 2.24) is 9.80 Å². The van der Waals surface area contributed by atoms with Crippen LogP contribution in [0.1, 0.15) is 30.6 Å². The molecule has 0 N–H and O–H groups in total. The zero-order chi connectivity index (χ0) is 17.7. The van der Waals surface area contributed by atoms with Crippen LogP contribution in [0.4, 0.5) is 0 Å². The van der Waals surface area contributed by atoms with E-state index < -0.39 is 0 Å². The molecule has 1 fully saturated rings. The third-order valence-corrected chi connectivity index (χ3v) is 5.17. The molecule has 1 aromatic rings.